The molecule has 0 atom stereocenters. The predicted molar refractivity (Wildman–Crippen MR) is 214 cm³/mol. The van der Waals surface area contributed by atoms with Crippen molar-refractivity contribution in [3.63, 3.8) is 0 Å². The average Bonchev–Trinajstić information content (AvgIpc) is 3.77. The number of hydrogen-bond acceptors (Lipinski definition) is 4. The van der Waals surface area contributed by atoms with Gasteiger partial charge in [0.05, 0.1) is 42.1 Å². The first-order valence-corrected chi connectivity index (χ1v) is 20.7. The zero-order valence-electron chi connectivity index (χ0n) is 29.5. The molecule has 0 aliphatic carbocycles. The van der Waals surface area contributed by atoms with Crippen molar-refractivity contribution in [1.82, 2.24) is 14.5 Å². The number of furan rings is 1. The Morgan fingerprint density at radius 1 is 0.717 bits per heavy atom. The number of nitrogens with zero attached hydrogens (tertiary/aromatic N) is 4. The van der Waals surface area contributed by atoms with Crippen LogP contribution >= 0.6 is 0 Å². The summed E-state index contributed by atoms with van der Waals surface area (Å²) in [6, 6.07) is 57.3. The van der Waals surface area contributed by atoms with Crippen LogP contribution in [0, 0.1) is 23.5 Å². The zero-order valence-corrected chi connectivity index (χ0v) is 32.9. The number of hydrogen-bond donors (Lipinski definition) is 0. The third-order valence-electron chi connectivity index (χ3n) is 9.17. The Morgan fingerprint density at radius 2 is 1.45 bits per heavy atom. The van der Waals surface area contributed by atoms with E-state index < -0.39 is 8.07 Å². The van der Waals surface area contributed by atoms with E-state index in [0.29, 0.717) is 5.56 Å². The van der Waals surface area contributed by atoms with Crippen LogP contribution in [0.2, 0.25) is 19.6 Å². The standard InChI is InChI=1S/C25H15N2O.C21H19N2Si.Ir/c1-2-9-17(10-3-1)27-22-15-6-5-14-21(22)26-25(27)20-13-8-12-19-18-11-4-7-16-23(18)28-24(19)20;1-24(2,3)21-15-23-20(16-9-5-4-6-10-16)13-19(21)18-12-8-7-11-17(18)14-22;/h1-12,14-16H;4-9,11-13,15H,1-3H3;/q2*-1;. The second-order valence-corrected chi connectivity index (χ2v) is 18.6. The van der Waals surface area contributed by atoms with Crippen LogP contribution in [-0.2, 0) is 20.1 Å². The van der Waals surface area contributed by atoms with Crippen molar-refractivity contribution < 1.29 is 24.5 Å². The Morgan fingerprint density at radius 3 is 2.25 bits per heavy atom. The van der Waals surface area contributed by atoms with Crippen molar-refractivity contribution in [1.29, 1.82) is 5.26 Å². The van der Waals surface area contributed by atoms with E-state index in [1.807, 2.05) is 115 Å². The van der Waals surface area contributed by atoms with Gasteiger partial charge in [-0.15, -0.1) is 54.1 Å². The molecule has 5 nitrogen and oxygen atoms in total. The summed E-state index contributed by atoms with van der Waals surface area (Å²) in [5.74, 6) is 0.831. The molecule has 259 valence electrons. The van der Waals surface area contributed by atoms with Crippen molar-refractivity contribution in [3.8, 4) is 45.5 Å². The molecule has 9 rings (SSSR count). The molecule has 0 aliphatic heterocycles. The maximum Gasteiger partial charge on any atom is 0.120 e. The summed E-state index contributed by atoms with van der Waals surface area (Å²) in [4.78, 5) is 9.63. The van der Waals surface area contributed by atoms with Crippen LogP contribution in [0.15, 0.2) is 156 Å². The van der Waals surface area contributed by atoms with E-state index in [0.717, 1.165) is 72.4 Å². The van der Waals surface area contributed by atoms with Crippen molar-refractivity contribution in [2.45, 2.75) is 19.6 Å². The Kier molecular flexibility index (Phi) is 10.0. The smallest absolute Gasteiger partial charge is 0.120 e. The molecule has 1 radical (unpaired) electrons. The number of fused-ring (bicyclic) bond motifs is 4. The van der Waals surface area contributed by atoms with Crippen molar-refractivity contribution in [2.75, 3.05) is 0 Å². The minimum Gasteiger partial charge on any atom is -0.501 e. The largest absolute Gasteiger partial charge is 0.501 e. The molecule has 3 heterocycles. The summed E-state index contributed by atoms with van der Waals surface area (Å²) in [5.41, 5.74) is 10.3. The third-order valence-corrected chi connectivity index (χ3v) is 11.2. The van der Waals surface area contributed by atoms with E-state index in [-0.39, 0.29) is 20.1 Å². The van der Waals surface area contributed by atoms with E-state index in [2.05, 4.69) is 83.8 Å². The topological polar surface area (TPSA) is 67.6 Å². The van der Waals surface area contributed by atoms with E-state index in [9.17, 15) is 5.26 Å². The van der Waals surface area contributed by atoms with Gasteiger partial charge >= 0.3 is 0 Å². The molecule has 0 spiro atoms. The molecule has 0 N–H and O–H groups in total. The molecule has 6 aromatic carbocycles. The summed E-state index contributed by atoms with van der Waals surface area (Å²) in [6.45, 7) is 6.91. The number of rotatable bonds is 5. The first kappa shape index (κ1) is 35.5. The van der Waals surface area contributed by atoms with E-state index in [4.69, 9.17) is 9.40 Å². The van der Waals surface area contributed by atoms with Crippen molar-refractivity contribution >= 4 is 46.2 Å². The number of nitriles is 1. The van der Waals surface area contributed by atoms with Crippen molar-refractivity contribution in [2.24, 2.45) is 0 Å². The normalized spacial score (nSPS) is 11.1. The van der Waals surface area contributed by atoms with Crippen LogP contribution in [0.5, 0.6) is 0 Å². The Bertz CT molecular complexity index is 2740. The quantitative estimate of drug-likeness (QED) is 0.128. The fourth-order valence-corrected chi connectivity index (χ4v) is 8.15. The van der Waals surface area contributed by atoms with Crippen LogP contribution in [-0.4, -0.2) is 22.6 Å². The molecule has 3 aromatic heterocycles. The van der Waals surface area contributed by atoms with Gasteiger partial charge in [-0.3, -0.25) is 4.98 Å². The average molecular weight is 879 g/mol. The molecule has 0 amide bonds. The van der Waals surface area contributed by atoms with Gasteiger partial charge in [-0.2, -0.15) is 5.26 Å². The molecule has 53 heavy (non-hydrogen) atoms. The second kappa shape index (κ2) is 15.0. The molecule has 7 heteroatoms. The third kappa shape index (κ3) is 6.89. The summed E-state index contributed by atoms with van der Waals surface area (Å²) in [5, 5.41) is 13.0. The number of pyridine rings is 1. The molecule has 0 aliphatic rings. The van der Waals surface area contributed by atoms with Crippen LogP contribution in [0.4, 0.5) is 0 Å². The van der Waals surface area contributed by atoms with Gasteiger partial charge in [0.2, 0.25) is 0 Å². The molecule has 0 bridgehead atoms. The minimum absolute atomic E-state index is 0. The molecular formula is C46H34IrN4OSi-2. The first-order valence-electron chi connectivity index (χ1n) is 17.2. The molecule has 0 saturated heterocycles. The van der Waals surface area contributed by atoms with Gasteiger partial charge in [0, 0.05) is 37.4 Å². The minimum atomic E-state index is -1.60. The van der Waals surface area contributed by atoms with Gasteiger partial charge in [0.15, 0.2) is 0 Å². The first-order chi connectivity index (χ1) is 25.4. The number of aromatic nitrogens is 3. The summed E-state index contributed by atoms with van der Waals surface area (Å²) in [7, 11) is -1.60. The van der Waals surface area contributed by atoms with Gasteiger partial charge in [0.25, 0.3) is 0 Å². The van der Waals surface area contributed by atoms with Crippen LogP contribution in [0.25, 0.3) is 72.4 Å². The van der Waals surface area contributed by atoms with Crippen molar-refractivity contribution in [3.05, 3.63) is 169 Å². The van der Waals surface area contributed by atoms with Gasteiger partial charge in [-0.05, 0) is 58.4 Å². The monoisotopic (exact) mass is 879 g/mol. The van der Waals surface area contributed by atoms with E-state index in [1.54, 1.807) is 0 Å². The molecule has 0 fully saturated rings. The molecular weight excluding hydrogens is 845 g/mol. The number of imidazole rings is 1. The summed E-state index contributed by atoms with van der Waals surface area (Å²) >= 11 is 0. The van der Waals surface area contributed by atoms with Gasteiger partial charge < -0.3 is 14.0 Å². The predicted octanol–water partition coefficient (Wildman–Crippen LogP) is 11.0. The van der Waals surface area contributed by atoms with E-state index >= 15 is 0 Å². The molecule has 9 aromatic rings. The fourth-order valence-electron chi connectivity index (χ4n) is 6.68. The Labute approximate surface area is 323 Å². The Balaban J connectivity index is 0.000000163. The second-order valence-electron chi connectivity index (χ2n) is 13.6. The zero-order chi connectivity index (χ0) is 35.7. The van der Waals surface area contributed by atoms with Gasteiger partial charge in [0.1, 0.15) is 5.58 Å². The molecule has 0 saturated carbocycles. The SMILES string of the molecule is C[Si](C)(C)c1cnc(-c2[c-]cccc2)cc1-c1ccccc1C#N.[Ir].[c-]1ccc2c(oc3ccccc32)c1-c1nc2ccccc2n1-c1ccccc1. The van der Waals surface area contributed by atoms with Crippen LogP contribution in [0.3, 0.4) is 0 Å². The Hall–Kier alpha value is -5.90. The maximum atomic E-state index is 9.50. The van der Waals surface area contributed by atoms with E-state index in [1.165, 1.54) is 5.19 Å². The fraction of sp³-hybridized carbons (Fsp3) is 0.0652. The van der Waals surface area contributed by atoms with Gasteiger partial charge in [-0.25, -0.2) is 0 Å². The molecule has 0 unspecified atom stereocenters. The van der Waals surface area contributed by atoms with Gasteiger partial charge in [-0.1, -0.05) is 103 Å². The number of benzene rings is 6. The van der Waals surface area contributed by atoms with Crippen LogP contribution < -0.4 is 5.19 Å². The number of para-hydroxylation sites is 4. The van der Waals surface area contributed by atoms with Crippen LogP contribution in [0.1, 0.15) is 5.56 Å². The summed E-state index contributed by atoms with van der Waals surface area (Å²) < 4.78 is 8.41. The summed E-state index contributed by atoms with van der Waals surface area (Å²) in [6.07, 6.45) is 1.99. The maximum absolute atomic E-state index is 9.50.